The highest BCUT2D eigenvalue weighted by Gasteiger charge is 2.09. The standard InChI is InChI=1S/C18H21BrN2O2S/c1-12(14-6-9-17(23-3)16(19)10-14)21-18(24)20-11-13-4-7-15(22-2)8-5-13/h4-10,12H,11H2,1-3H3,(H2,20,21,24)/t12-/m1/s1. The van der Waals surface area contributed by atoms with Crippen LogP contribution in [-0.2, 0) is 6.54 Å². The maximum atomic E-state index is 5.38. The van der Waals surface area contributed by atoms with E-state index in [1.807, 2.05) is 42.5 Å². The minimum Gasteiger partial charge on any atom is -0.497 e. The lowest BCUT2D eigenvalue weighted by Gasteiger charge is -2.18. The molecule has 2 aromatic carbocycles. The second-order valence-corrected chi connectivity index (χ2v) is 6.55. The van der Waals surface area contributed by atoms with E-state index >= 15 is 0 Å². The van der Waals surface area contributed by atoms with Gasteiger partial charge in [-0.1, -0.05) is 18.2 Å². The summed E-state index contributed by atoms with van der Waals surface area (Å²) in [5.74, 6) is 1.66. The molecule has 0 spiro atoms. The number of benzene rings is 2. The fraction of sp³-hybridized carbons (Fsp3) is 0.278. The quantitative estimate of drug-likeness (QED) is 0.701. The Morgan fingerprint density at radius 3 is 2.42 bits per heavy atom. The van der Waals surface area contributed by atoms with E-state index in [2.05, 4.69) is 33.5 Å². The molecule has 2 rings (SSSR count). The first-order valence-corrected chi connectivity index (χ1v) is 8.74. The van der Waals surface area contributed by atoms with Gasteiger partial charge < -0.3 is 20.1 Å². The van der Waals surface area contributed by atoms with Crippen LogP contribution < -0.4 is 20.1 Å². The number of halogens is 1. The Balaban J connectivity index is 1.87. The fourth-order valence-electron chi connectivity index (χ4n) is 2.21. The molecule has 6 heteroatoms. The van der Waals surface area contributed by atoms with Gasteiger partial charge in [-0.15, -0.1) is 0 Å². The van der Waals surface area contributed by atoms with E-state index in [1.165, 1.54) is 0 Å². The van der Waals surface area contributed by atoms with Gasteiger partial charge in [0.2, 0.25) is 0 Å². The molecule has 0 fully saturated rings. The molecule has 0 radical (unpaired) electrons. The largest absolute Gasteiger partial charge is 0.497 e. The molecule has 0 amide bonds. The Morgan fingerprint density at radius 1 is 1.12 bits per heavy atom. The summed E-state index contributed by atoms with van der Waals surface area (Å²) in [7, 11) is 3.31. The van der Waals surface area contributed by atoms with Crippen molar-refractivity contribution in [1.29, 1.82) is 0 Å². The van der Waals surface area contributed by atoms with Crippen LogP contribution in [0.25, 0.3) is 0 Å². The highest BCUT2D eigenvalue weighted by Crippen LogP contribution is 2.27. The molecule has 0 saturated carbocycles. The van der Waals surface area contributed by atoms with Crippen LogP contribution in [-0.4, -0.2) is 19.3 Å². The summed E-state index contributed by atoms with van der Waals surface area (Å²) < 4.78 is 11.3. The maximum absolute atomic E-state index is 5.38. The molecule has 0 bridgehead atoms. The van der Waals surface area contributed by atoms with Gasteiger partial charge in [-0.2, -0.15) is 0 Å². The van der Waals surface area contributed by atoms with Gasteiger partial charge in [0, 0.05) is 6.54 Å². The molecule has 2 N–H and O–H groups in total. The molecule has 0 aliphatic rings. The number of rotatable bonds is 6. The van der Waals surface area contributed by atoms with E-state index < -0.39 is 0 Å². The SMILES string of the molecule is COc1ccc(CNC(=S)N[C@H](C)c2ccc(OC)c(Br)c2)cc1. The summed E-state index contributed by atoms with van der Waals surface area (Å²) >= 11 is 8.88. The number of hydrogen-bond donors (Lipinski definition) is 2. The van der Waals surface area contributed by atoms with Crippen molar-refractivity contribution in [3.63, 3.8) is 0 Å². The second-order valence-electron chi connectivity index (χ2n) is 5.29. The normalized spacial score (nSPS) is 11.5. The summed E-state index contributed by atoms with van der Waals surface area (Å²) in [6.07, 6.45) is 0. The monoisotopic (exact) mass is 408 g/mol. The first-order chi connectivity index (χ1) is 11.5. The summed E-state index contributed by atoms with van der Waals surface area (Å²) in [5.41, 5.74) is 2.26. The zero-order valence-corrected chi connectivity index (χ0v) is 16.3. The van der Waals surface area contributed by atoms with Crippen molar-refractivity contribution in [1.82, 2.24) is 10.6 Å². The lowest BCUT2D eigenvalue weighted by molar-refractivity contribution is 0.412. The topological polar surface area (TPSA) is 42.5 Å². The van der Waals surface area contributed by atoms with Crippen molar-refractivity contribution in [3.05, 3.63) is 58.1 Å². The molecule has 0 unspecified atom stereocenters. The van der Waals surface area contributed by atoms with Gasteiger partial charge in [-0.3, -0.25) is 0 Å². The van der Waals surface area contributed by atoms with E-state index in [0.29, 0.717) is 11.7 Å². The van der Waals surface area contributed by atoms with Gasteiger partial charge in [0.05, 0.1) is 24.7 Å². The van der Waals surface area contributed by atoms with Crippen molar-refractivity contribution in [2.75, 3.05) is 14.2 Å². The van der Waals surface area contributed by atoms with Gasteiger partial charge in [-0.05, 0) is 70.5 Å². The Hall–Kier alpha value is -1.79. The lowest BCUT2D eigenvalue weighted by Crippen LogP contribution is -2.36. The maximum Gasteiger partial charge on any atom is 0.167 e. The number of methoxy groups -OCH3 is 2. The third-order valence-corrected chi connectivity index (χ3v) is 4.52. The van der Waals surface area contributed by atoms with Crippen LogP contribution in [0.5, 0.6) is 11.5 Å². The number of hydrogen-bond acceptors (Lipinski definition) is 3. The van der Waals surface area contributed by atoms with Gasteiger partial charge in [0.15, 0.2) is 5.11 Å². The molecule has 0 saturated heterocycles. The number of ether oxygens (including phenoxy) is 2. The third kappa shape index (κ3) is 5.11. The van der Waals surface area contributed by atoms with Crippen LogP contribution in [0.4, 0.5) is 0 Å². The zero-order chi connectivity index (χ0) is 17.5. The molecule has 0 aliphatic carbocycles. The van der Waals surface area contributed by atoms with Crippen LogP contribution in [0.2, 0.25) is 0 Å². The van der Waals surface area contributed by atoms with Crippen molar-refractivity contribution < 1.29 is 9.47 Å². The molecule has 0 heterocycles. The Kier molecular flexibility index (Phi) is 6.87. The van der Waals surface area contributed by atoms with Crippen molar-refractivity contribution in [2.24, 2.45) is 0 Å². The van der Waals surface area contributed by atoms with Crippen molar-refractivity contribution in [3.8, 4) is 11.5 Å². The van der Waals surface area contributed by atoms with Gasteiger partial charge in [0.1, 0.15) is 11.5 Å². The third-order valence-electron chi connectivity index (χ3n) is 3.64. The van der Waals surface area contributed by atoms with E-state index in [-0.39, 0.29) is 6.04 Å². The van der Waals surface area contributed by atoms with Gasteiger partial charge in [0.25, 0.3) is 0 Å². The Morgan fingerprint density at radius 2 is 1.83 bits per heavy atom. The summed E-state index contributed by atoms with van der Waals surface area (Å²) in [6, 6.07) is 14.0. The van der Waals surface area contributed by atoms with Gasteiger partial charge >= 0.3 is 0 Å². The van der Waals surface area contributed by atoms with Crippen LogP contribution >= 0.6 is 28.1 Å². The minimum atomic E-state index is 0.0862. The first kappa shape index (κ1) is 18.5. The molecule has 2 aromatic rings. The van der Waals surface area contributed by atoms with E-state index in [1.54, 1.807) is 14.2 Å². The minimum absolute atomic E-state index is 0.0862. The molecule has 1 atom stereocenters. The van der Waals surface area contributed by atoms with E-state index in [0.717, 1.165) is 27.1 Å². The van der Waals surface area contributed by atoms with Crippen LogP contribution in [0.1, 0.15) is 24.1 Å². The molecular formula is C18H21BrN2O2S. The van der Waals surface area contributed by atoms with Gasteiger partial charge in [-0.25, -0.2) is 0 Å². The Labute approximate surface area is 156 Å². The molecule has 24 heavy (non-hydrogen) atoms. The summed E-state index contributed by atoms with van der Waals surface area (Å²) in [4.78, 5) is 0. The average molecular weight is 409 g/mol. The van der Waals surface area contributed by atoms with Crippen molar-refractivity contribution >= 4 is 33.3 Å². The molecule has 4 nitrogen and oxygen atoms in total. The van der Waals surface area contributed by atoms with Crippen LogP contribution in [0.3, 0.4) is 0 Å². The zero-order valence-electron chi connectivity index (χ0n) is 13.9. The lowest BCUT2D eigenvalue weighted by atomic mass is 10.1. The second kappa shape index (κ2) is 8.89. The highest BCUT2D eigenvalue weighted by molar-refractivity contribution is 9.10. The average Bonchev–Trinajstić information content (AvgIpc) is 2.60. The van der Waals surface area contributed by atoms with Crippen LogP contribution in [0, 0.1) is 0 Å². The molecule has 0 aliphatic heterocycles. The van der Waals surface area contributed by atoms with Crippen molar-refractivity contribution in [2.45, 2.75) is 19.5 Å². The van der Waals surface area contributed by atoms with E-state index in [9.17, 15) is 0 Å². The summed E-state index contributed by atoms with van der Waals surface area (Å²) in [5, 5.41) is 7.12. The molecule has 0 aromatic heterocycles. The van der Waals surface area contributed by atoms with E-state index in [4.69, 9.17) is 21.7 Å². The first-order valence-electron chi connectivity index (χ1n) is 7.54. The number of thiocarbonyl (C=S) groups is 1. The predicted octanol–water partition coefficient (Wildman–Crippen LogP) is 4.19. The molecule has 128 valence electrons. The number of nitrogens with one attached hydrogen (secondary N) is 2. The smallest absolute Gasteiger partial charge is 0.167 e. The Bertz CT molecular complexity index is 692. The fourth-order valence-corrected chi connectivity index (χ4v) is 3.02. The highest BCUT2D eigenvalue weighted by atomic mass is 79.9. The predicted molar refractivity (Wildman–Crippen MR) is 105 cm³/mol. The molecular weight excluding hydrogens is 388 g/mol. The summed E-state index contributed by atoms with van der Waals surface area (Å²) in [6.45, 7) is 2.73. The van der Waals surface area contributed by atoms with Crippen LogP contribution in [0.15, 0.2) is 46.9 Å².